The molecule has 0 heterocycles. The molecule has 0 aromatic carbocycles. The first-order chi connectivity index (χ1) is 20.1. The summed E-state index contributed by atoms with van der Waals surface area (Å²) in [7, 11) is 5.40. The van der Waals surface area contributed by atoms with E-state index >= 15 is 0 Å². The molecule has 316 valence electrons. The Hall–Kier alpha value is 0.114. The molecule has 0 bridgehead atoms. The molecule has 0 radical (unpaired) electrons. The molecule has 0 aliphatic heterocycles. The molecule has 51 heavy (non-hydrogen) atoms. The number of ketones is 4. The van der Waals surface area contributed by atoms with Crippen LogP contribution in [0.15, 0.2) is 0 Å². The Balaban J connectivity index is -0.0000000210. The van der Waals surface area contributed by atoms with Gasteiger partial charge in [-0.3, -0.25) is 24.0 Å². The average molecular weight is 1230 g/mol. The number of nitrogens with two attached hydrogens (primary N) is 3. The van der Waals surface area contributed by atoms with Gasteiger partial charge in [-0.05, 0) is 14.1 Å². The van der Waals surface area contributed by atoms with Crippen molar-refractivity contribution in [1.29, 1.82) is 0 Å². The molecule has 0 unspecified atom stereocenters. The largest absolute Gasteiger partial charge is 1.00 e. The van der Waals surface area contributed by atoms with Crippen molar-refractivity contribution in [3.63, 3.8) is 0 Å². The number of hydrogen-bond donors (Lipinski definition) is 5. The molecule has 0 saturated carbocycles. The van der Waals surface area contributed by atoms with Gasteiger partial charge in [0, 0.05) is 7.11 Å². The van der Waals surface area contributed by atoms with Crippen LogP contribution >= 0.6 is 12.4 Å². The van der Waals surface area contributed by atoms with E-state index in [-0.39, 0.29) is 66.5 Å². The summed E-state index contributed by atoms with van der Waals surface area (Å²) in [6.45, 7) is 4.00. The Bertz CT molecular complexity index is 629. The maximum Gasteiger partial charge on any atom is 1.00 e. The van der Waals surface area contributed by atoms with E-state index < -0.39 is 60.3 Å². The first-order valence-corrected chi connectivity index (χ1v) is 26.5. The van der Waals surface area contributed by atoms with Crippen LogP contribution < -0.4 is 53.1 Å². The van der Waals surface area contributed by atoms with Crippen molar-refractivity contribution in [1.82, 2.24) is 6.15 Å². The minimum atomic E-state index is -5.77. The molecule has 13 nitrogen and oxygen atoms in total. The molecule has 0 aromatic heterocycles. The number of rotatable bonds is 2. The van der Waals surface area contributed by atoms with Crippen LogP contribution in [0.1, 0.15) is 21.3 Å². The Kier molecular flexibility index (Phi) is 127. The van der Waals surface area contributed by atoms with Gasteiger partial charge in [0.2, 0.25) is 6.29 Å². The summed E-state index contributed by atoms with van der Waals surface area (Å²) in [5, 5.41) is 7.00. The molecule has 13 N–H and O–H groups in total. The molecule has 0 saturated heterocycles. The predicted molar refractivity (Wildman–Crippen MR) is 161 cm³/mol. The summed E-state index contributed by atoms with van der Waals surface area (Å²) in [5.74, 6) is -9.28. The zero-order valence-electron chi connectivity index (χ0n) is 28.4. The summed E-state index contributed by atoms with van der Waals surface area (Å²) in [6, 6.07) is 0. The Morgan fingerprint density at radius 1 is 0.588 bits per heavy atom. The predicted octanol–water partition coefficient (Wildman–Crippen LogP) is -0.905. The van der Waals surface area contributed by atoms with Crippen LogP contribution in [-0.4, -0.2) is 156 Å². The van der Waals surface area contributed by atoms with Crippen molar-refractivity contribution in [2.24, 2.45) is 17.4 Å². The number of Topliss-reactive ketones (excluding diaryl/α,β-unsaturated/α-hetero) is 4. The van der Waals surface area contributed by atoms with Crippen molar-refractivity contribution in [2.45, 2.75) is 61.1 Å². The van der Waals surface area contributed by atoms with E-state index in [1.165, 1.54) is 21.2 Å². The molecule has 32 heteroatoms. The second-order valence-electron chi connectivity index (χ2n) is 4.20. The molecule has 0 rings (SSSR count). The van der Waals surface area contributed by atoms with Gasteiger partial charge >= 0.3 is 144 Å². The molecular weight excluding hydrogens is 1180 g/mol. The van der Waals surface area contributed by atoms with E-state index in [1.807, 2.05) is 13.8 Å². The number of carbonyl (C=O) groups is 5. The van der Waals surface area contributed by atoms with Crippen LogP contribution in [-0.2, 0) is 28.8 Å². The number of aliphatic hydroxyl groups excluding tert-OH is 1. The topological polar surface area (TPSA) is 289 Å². The second-order valence-corrected chi connectivity index (χ2v) is 4.20. The van der Waals surface area contributed by atoms with Crippen LogP contribution in [0.5, 0.6) is 0 Å². The van der Waals surface area contributed by atoms with Crippen LogP contribution in [0.25, 0.3) is 0 Å². The third-order valence-corrected chi connectivity index (χ3v) is 1.58. The number of hydrogen-bond acceptors (Lipinski definition) is 12. The Morgan fingerprint density at radius 3 is 0.667 bits per heavy atom. The molecule has 0 amide bonds. The Morgan fingerprint density at radius 2 is 0.647 bits per heavy atom. The number of halogens is 16. The minimum Gasteiger partial charge on any atom is -0.870 e. The third-order valence-electron chi connectivity index (χ3n) is 1.58. The monoisotopic (exact) mass is 1230 g/mol. The van der Waals surface area contributed by atoms with Gasteiger partial charge in [-0.2, -0.15) is 65.9 Å². The van der Waals surface area contributed by atoms with Gasteiger partial charge in [-0.1, -0.05) is 21.3 Å². The van der Waals surface area contributed by atoms with E-state index in [0.717, 1.165) is 58.6 Å². The van der Waals surface area contributed by atoms with E-state index in [2.05, 4.69) is 31.2 Å². The number of carbonyl (C=O) groups excluding carboxylic acids is 5. The Labute approximate surface area is 344 Å². The quantitative estimate of drug-likeness (QED) is 0.0740. The van der Waals surface area contributed by atoms with Crippen LogP contribution in [0.4, 0.5) is 65.9 Å². The summed E-state index contributed by atoms with van der Waals surface area (Å²) >= 11 is 1.78. The summed E-state index contributed by atoms with van der Waals surface area (Å²) < 4.78 is 170. The van der Waals surface area contributed by atoms with Gasteiger partial charge in [-0.25, -0.2) is 5.90 Å². The average Bonchev–Trinajstić information content (AvgIpc) is 2.96. The zero-order chi connectivity index (χ0) is 40.2. The first-order valence-electron chi connectivity index (χ1n) is 10.9. The van der Waals surface area contributed by atoms with Gasteiger partial charge in [0.1, 0.15) is 0 Å². The van der Waals surface area contributed by atoms with Crippen LogP contribution in [0.2, 0.25) is 8.97 Å². The van der Waals surface area contributed by atoms with E-state index in [9.17, 15) is 85.0 Å². The van der Waals surface area contributed by atoms with Crippen LogP contribution in [0.3, 0.4) is 0 Å². The van der Waals surface area contributed by atoms with Crippen molar-refractivity contribution in [3.05, 3.63) is 0 Å². The van der Waals surface area contributed by atoms with Gasteiger partial charge in [0.25, 0.3) is 0 Å². The fourth-order valence-corrected chi connectivity index (χ4v) is 0.515. The molecular formula is C19H47ClF15N4NaO9Tl2. The summed E-state index contributed by atoms with van der Waals surface area (Å²) in [5.41, 5.74) is 9.00. The van der Waals surface area contributed by atoms with Crippen molar-refractivity contribution >= 4 is 93.4 Å². The van der Waals surface area contributed by atoms with Gasteiger partial charge in [0.15, 0.2) is 0 Å². The zero-order valence-corrected chi connectivity index (χ0v) is 46.8. The maximum absolute atomic E-state index is 11.2. The standard InChI is InChI=1S/2C4F6O2.C2HF3O.C2H6.CH5NO.2CH5N.CH4O.CH4.2CH3.ClH.H3N.Na.2H2O.2Tl.4H/c2*5-3(6,7)1(11)2(12)4(8,9)10;3-2(4,5)1-6;1-2;1-3-2;3*1-2;;;;;;;;;;;;;;/h;;1H;1-2H3;2H2,1H3;2*2H2,1H3;2H,1H3;1H4;2*1H3;1H;1H3;;2*1H2;;;;;;/q;;;;;;;;;;;;;+1;;;;;;;;/p-1. The normalized spacial score (nSPS) is 8.37. The SMILES string of the molecule is C.CC.CN.CN.CO.CON.Cl.N.O.O=C(C(=O)C(F)(F)F)C(F)(F)F.O=C(C(=O)C(F)(F)F)C(F)(F)F.O=CC(F)(F)F.[CH3][TlH2].[CH3][TlH2].[Na+].[OH-]. The van der Waals surface area contributed by atoms with E-state index in [0.29, 0.717) is 0 Å². The maximum atomic E-state index is 11.2. The molecule has 0 aromatic rings. The first kappa shape index (κ1) is 104. The van der Waals surface area contributed by atoms with E-state index in [1.54, 1.807) is 0 Å². The smallest absolute Gasteiger partial charge is 0.870 e. The molecule has 0 aliphatic rings. The number of alkyl halides is 15. The second kappa shape index (κ2) is 62.1. The summed E-state index contributed by atoms with van der Waals surface area (Å²) in [4.78, 5) is 50.9. The van der Waals surface area contributed by atoms with E-state index in [4.69, 9.17) is 9.90 Å². The number of aldehydes is 1. The molecule has 0 aliphatic carbocycles. The molecule has 0 atom stereocenters. The third kappa shape index (κ3) is 94.1. The molecule has 0 fully saturated rings. The van der Waals surface area contributed by atoms with Gasteiger partial charge in [-0.15, -0.1) is 12.4 Å². The summed E-state index contributed by atoms with van der Waals surface area (Å²) in [6.07, 6.45) is -28.8. The van der Waals surface area contributed by atoms with Crippen molar-refractivity contribution in [3.8, 4) is 0 Å². The van der Waals surface area contributed by atoms with Crippen molar-refractivity contribution in [2.75, 3.05) is 28.3 Å². The van der Waals surface area contributed by atoms with Crippen molar-refractivity contribution < 1.29 is 140 Å². The minimum absolute atomic E-state index is 0. The molecule has 0 spiro atoms. The van der Waals surface area contributed by atoms with Gasteiger partial charge in [0.05, 0.1) is 7.11 Å². The fourth-order valence-electron chi connectivity index (χ4n) is 0.515. The van der Waals surface area contributed by atoms with Gasteiger partial charge < -0.3 is 38.5 Å². The number of aliphatic hydroxyl groups is 1. The van der Waals surface area contributed by atoms with Crippen LogP contribution in [0, 0.1) is 0 Å². The fraction of sp³-hybridized carbons (Fsp3) is 0.737.